The van der Waals surface area contributed by atoms with E-state index in [9.17, 15) is 0 Å². The summed E-state index contributed by atoms with van der Waals surface area (Å²) in [7, 11) is 0. The van der Waals surface area contributed by atoms with Gasteiger partial charge in [0.05, 0.1) is 25.0 Å². The maximum atomic E-state index is 5.60. The zero-order chi connectivity index (χ0) is 20.9. The average molecular weight is 421 g/mol. The van der Waals surface area contributed by atoms with Crippen molar-refractivity contribution in [3.63, 3.8) is 0 Å². The van der Waals surface area contributed by atoms with Crippen molar-refractivity contribution in [2.45, 2.75) is 39.2 Å². The Hall–Kier alpha value is -2.66. The van der Waals surface area contributed by atoms with Gasteiger partial charge < -0.3 is 14.8 Å². The Bertz CT molecular complexity index is 948. The van der Waals surface area contributed by atoms with Crippen LogP contribution in [0.1, 0.15) is 50.3 Å². The number of ether oxygens (including phenoxy) is 2. The number of nitrogens with one attached hydrogen (secondary N) is 1. The highest BCUT2D eigenvalue weighted by molar-refractivity contribution is 7.80. The van der Waals surface area contributed by atoms with E-state index in [2.05, 4.69) is 35.7 Å². The molecule has 30 heavy (non-hydrogen) atoms. The third kappa shape index (κ3) is 4.57. The van der Waals surface area contributed by atoms with Gasteiger partial charge in [-0.15, -0.1) is 0 Å². The highest BCUT2D eigenvalue weighted by Gasteiger charge is 2.36. The summed E-state index contributed by atoms with van der Waals surface area (Å²) in [5, 5.41) is 4.02. The minimum atomic E-state index is 0.143. The fraction of sp³-hybridized carbons (Fsp3) is 0.360. The Morgan fingerprint density at radius 2 is 1.63 bits per heavy atom. The number of allylic oxidation sites excluding steroid dienone is 1. The van der Waals surface area contributed by atoms with Gasteiger partial charge in [0.1, 0.15) is 11.5 Å². The second-order valence-electron chi connectivity index (χ2n) is 7.60. The third-order valence-corrected chi connectivity index (χ3v) is 5.84. The Morgan fingerprint density at radius 1 is 1.00 bits per heavy atom. The van der Waals surface area contributed by atoms with Gasteiger partial charge in [0, 0.05) is 5.92 Å². The maximum Gasteiger partial charge on any atom is 0.193 e. The van der Waals surface area contributed by atoms with Crippen molar-refractivity contribution in [2.24, 2.45) is 10.9 Å². The number of nitrogens with zero attached hydrogens (tertiary/aromatic N) is 1. The molecule has 0 spiro atoms. The molecule has 5 heteroatoms. The van der Waals surface area contributed by atoms with Gasteiger partial charge >= 0.3 is 0 Å². The largest absolute Gasteiger partial charge is 0.494 e. The van der Waals surface area contributed by atoms with Crippen LogP contribution in [0.2, 0.25) is 0 Å². The second-order valence-corrected chi connectivity index (χ2v) is 7.98. The van der Waals surface area contributed by atoms with Gasteiger partial charge in [-0.3, -0.25) is 0 Å². The molecule has 2 aromatic carbocycles. The van der Waals surface area contributed by atoms with Crippen LogP contribution in [0.5, 0.6) is 11.5 Å². The molecule has 0 saturated heterocycles. The predicted molar refractivity (Wildman–Crippen MR) is 126 cm³/mol. The molecule has 0 bridgehead atoms. The van der Waals surface area contributed by atoms with Gasteiger partial charge in [0.2, 0.25) is 0 Å². The van der Waals surface area contributed by atoms with E-state index in [1.54, 1.807) is 0 Å². The smallest absolute Gasteiger partial charge is 0.193 e. The molecule has 2 aliphatic rings. The molecule has 1 fully saturated rings. The zero-order valence-electron chi connectivity index (χ0n) is 17.6. The predicted octanol–water partition coefficient (Wildman–Crippen LogP) is 5.74. The van der Waals surface area contributed by atoms with Crippen molar-refractivity contribution in [1.29, 1.82) is 0 Å². The van der Waals surface area contributed by atoms with Gasteiger partial charge in [0.25, 0.3) is 0 Å². The Balaban J connectivity index is 1.60. The highest BCUT2D eigenvalue weighted by atomic mass is 32.1. The zero-order valence-corrected chi connectivity index (χ0v) is 18.4. The van der Waals surface area contributed by atoms with Crippen molar-refractivity contribution in [3.05, 3.63) is 65.2 Å². The van der Waals surface area contributed by atoms with E-state index in [-0.39, 0.29) is 6.04 Å². The lowest BCUT2D eigenvalue weighted by Crippen LogP contribution is -2.42. The summed E-state index contributed by atoms with van der Waals surface area (Å²) in [6, 6.07) is 16.7. The van der Waals surface area contributed by atoms with E-state index >= 15 is 0 Å². The molecular formula is C25H28N2O2S. The summed E-state index contributed by atoms with van der Waals surface area (Å²) >= 11 is 5.52. The number of hydrogen-bond donors (Lipinski definition) is 1. The van der Waals surface area contributed by atoms with E-state index in [1.165, 1.54) is 16.7 Å². The molecule has 2 atom stereocenters. The minimum absolute atomic E-state index is 0.143. The molecule has 2 unspecified atom stereocenters. The fourth-order valence-electron chi connectivity index (χ4n) is 4.30. The molecular weight excluding hydrogens is 392 g/mol. The highest BCUT2D eigenvalue weighted by Crippen LogP contribution is 2.38. The van der Waals surface area contributed by atoms with Crippen molar-refractivity contribution in [3.8, 4) is 11.5 Å². The Morgan fingerprint density at radius 3 is 2.27 bits per heavy atom. The van der Waals surface area contributed by atoms with E-state index in [0.717, 1.165) is 36.5 Å². The molecule has 2 aromatic rings. The summed E-state index contributed by atoms with van der Waals surface area (Å²) in [6.45, 7) is 5.34. The van der Waals surface area contributed by atoms with Crippen molar-refractivity contribution >= 4 is 29.1 Å². The number of fused-ring (bicyclic) bond motifs is 1. The molecule has 1 heterocycles. The Kier molecular flexibility index (Phi) is 6.48. The van der Waals surface area contributed by atoms with Gasteiger partial charge in [-0.2, -0.15) is 0 Å². The van der Waals surface area contributed by atoms with Crippen molar-refractivity contribution < 1.29 is 9.47 Å². The normalized spacial score (nSPS) is 22.1. The number of rotatable bonds is 6. The molecule has 156 valence electrons. The maximum absolute atomic E-state index is 5.60. The number of thiocarbonyl (C=S) groups is 1. The monoisotopic (exact) mass is 420 g/mol. The fourth-order valence-corrected chi connectivity index (χ4v) is 4.52. The first-order valence-corrected chi connectivity index (χ1v) is 11.1. The summed E-state index contributed by atoms with van der Waals surface area (Å²) in [5.41, 5.74) is 4.81. The summed E-state index contributed by atoms with van der Waals surface area (Å²) in [5.74, 6) is 2.11. The van der Waals surface area contributed by atoms with Crippen LogP contribution >= 0.6 is 12.2 Å². The molecule has 1 N–H and O–H groups in total. The molecule has 4 rings (SSSR count). The van der Waals surface area contributed by atoms with Gasteiger partial charge in [-0.05, 0) is 92.4 Å². The standard InChI is InChI=1S/C25H28N2O2S/c1-3-28-20-12-8-17(9-13-20)16-19-6-5-7-22-23(26-25(30)27-24(19)22)18-10-14-21(15-11-18)29-4-2/h8-16,22-23H,3-7H2,1-2H3,(H,26,30)/b19-16+. The van der Waals surface area contributed by atoms with Crippen LogP contribution < -0.4 is 14.8 Å². The van der Waals surface area contributed by atoms with Gasteiger partial charge in [0.15, 0.2) is 5.11 Å². The van der Waals surface area contributed by atoms with Crippen LogP contribution in [0.4, 0.5) is 0 Å². The SMILES string of the molecule is CCOc1ccc(/C=C2\CCCC3C2=NC(=S)NC3c2ccc(OCC)cc2)cc1. The van der Waals surface area contributed by atoms with Crippen LogP contribution in [0.3, 0.4) is 0 Å². The first-order chi connectivity index (χ1) is 14.7. The van der Waals surface area contributed by atoms with Gasteiger partial charge in [-0.25, -0.2) is 4.99 Å². The topological polar surface area (TPSA) is 42.8 Å². The second kappa shape index (κ2) is 9.43. The third-order valence-electron chi connectivity index (χ3n) is 5.63. The molecule has 4 nitrogen and oxygen atoms in total. The van der Waals surface area contributed by atoms with Gasteiger partial charge in [-0.1, -0.05) is 24.3 Å². The van der Waals surface area contributed by atoms with Crippen LogP contribution in [0.15, 0.2) is 59.1 Å². The average Bonchev–Trinajstić information content (AvgIpc) is 2.76. The minimum Gasteiger partial charge on any atom is -0.494 e. The lowest BCUT2D eigenvalue weighted by atomic mass is 9.76. The molecule has 0 amide bonds. The summed E-state index contributed by atoms with van der Waals surface area (Å²) in [6.07, 6.45) is 5.53. The van der Waals surface area contributed by atoms with Crippen LogP contribution in [-0.2, 0) is 0 Å². The molecule has 1 aliphatic heterocycles. The molecule has 1 aliphatic carbocycles. The molecule has 1 saturated carbocycles. The summed E-state index contributed by atoms with van der Waals surface area (Å²) in [4.78, 5) is 4.77. The first-order valence-electron chi connectivity index (χ1n) is 10.7. The lowest BCUT2D eigenvalue weighted by Gasteiger charge is -2.37. The number of hydrogen-bond acceptors (Lipinski definition) is 3. The molecule has 0 aromatic heterocycles. The molecule has 0 radical (unpaired) electrons. The van der Waals surface area contributed by atoms with Crippen molar-refractivity contribution in [2.75, 3.05) is 13.2 Å². The first kappa shape index (κ1) is 20.6. The van der Waals surface area contributed by atoms with Crippen LogP contribution in [0, 0.1) is 5.92 Å². The number of aliphatic imine (C=N–C) groups is 1. The summed E-state index contributed by atoms with van der Waals surface area (Å²) < 4.78 is 11.2. The lowest BCUT2D eigenvalue weighted by molar-refractivity contribution is 0.340. The van der Waals surface area contributed by atoms with Crippen molar-refractivity contribution in [1.82, 2.24) is 5.32 Å². The van der Waals surface area contributed by atoms with Crippen LogP contribution in [0.25, 0.3) is 6.08 Å². The number of benzene rings is 2. The van der Waals surface area contributed by atoms with E-state index in [1.807, 2.05) is 38.1 Å². The quantitative estimate of drug-likeness (QED) is 0.605. The van der Waals surface area contributed by atoms with E-state index < -0.39 is 0 Å². The van der Waals surface area contributed by atoms with E-state index in [0.29, 0.717) is 24.2 Å². The Labute approximate surface area is 184 Å². The van der Waals surface area contributed by atoms with Crippen LogP contribution in [-0.4, -0.2) is 24.0 Å². The van der Waals surface area contributed by atoms with E-state index in [4.69, 9.17) is 26.7 Å².